The van der Waals surface area contributed by atoms with Crippen LogP contribution >= 0.6 is 0 Å². The number of hydrogen-bond acceptors (Lipinski definition) is 8. The van der Waals surface area contributed by atoms with Crippen LogP contribution in [-0.4, -0.2) is 33.0 Å². The molecule has 0 saturated heterocycles. The normalized spacial score (nSPS) is 10.3. The first kappa shape index (κ1) is 20.7. The van der Waals surface area contributed by atoms with Crippen molar-refractivity contribution in [3.8, 4) is 5.88 Å². The predicted molar refractivity (Wildman–Crippen MR) is 123 cm³/mol. The van der Waals surface area contributed by atoms with Crippen molar-refractivity contribution in [1.29, 1.82) is 0 Å². The average molecular weight is 427 g/mol. The molecule has 0 fully saturated rings. The number of aryl methyl sites for hydroxylation is 1. The van der Waals surface area contributed by atoms with Crippen LogP contribution in [0, 0.1) is 6.92 Å². The van der Waals surface area contributed by atoms with E-state index in [2.05, 4.69) is 35.9 Å². The van der Waals surface area contributed by atoms with Crippen molar-refractivity contribution in [2.45, 2.75) is 6.92 Å². The number of amides is 1. The van der Waals surface area contributed by atoms with Crippen molar-refractivity contribution in [1.82, 2.24) is 19.9 Å². The molecule has 0 aliphatic carbocycles. The Morgan fingerprint density at radius 2 is 1.59 bits per heavy atom. The van der Waals surface area contributed by atoms with E-state index in [1.54, 1.807) is 36.5 Å². The summed E-state index contributed by atoms with van der Waals surface area (Å²) in [4.78, 5) is 29.5. The van der Waals surface area contributed by atoms with E-state index < -0.39 is 0 Å². The fourth-order valence-electron chi connectivity index (χ4n) is 2.89. The molecule has 9 nitrogen and oxygen atoms in total. The second-order valence-corrected chi connectivity index (χ2v) is 6.77. The molecule has 9 heteroatoms. The van der Waals surface area contributed by atoms with Gasteiger partial charge in [0.15, 0.2) is 0 Å². The Labute approximate surface area is 185 Å². The number of rotatable bonds is 7. The van der Waals surface area contributed by atoms with Gasteiger partial charge in [0, 0.05) is 35.9 Å². The van der Waals surface area contributed by atoms with E-state index in [4.69, 9.17) is 4.74 Å². The fourth-order valence-corrected chi connectivity index (χ4v) is 2.89. The minimum absolute atomic E-state index is 0.252. The zero-order valence-electron chi connectivity index (χ0n) is 17.5. The maximum absolute atomic E-state index is 12.4. The molecule has 1 aromatic carbocycles. The van der Waals surface area contributed by atoms with Gasteiger partial charge < -0.3 is 20.7 Å². The molecule has 4 rings (SSSR count). The van der Waals surface area contributed by atoms with E-state index in [0.717, 1.165) is 5.69 Å². The first-order chi connectivity index (χ1) is 15.6. The monoisotopic (exact) mass is 427 g/mol. The lowest BCUT2D eigenvalue weighted by Crippen LogP contribution is -2.12. The zero-order chi connectivity index (χ0) is 22.3. The highest BCUT2D eigenvalue weighted by Crippen LogP contribution is 2.21. The highest BCUT2D eigenvalue weighted by Gasteiger charge is 2.08. The van der Waals surface area contributed by atoms with Crippen molar-refractivity contribution in [3.05, 3.63) is 84.4 Å². The van der Waals surface area contributed by atoms with Gasteiger partial charge in [0.2, 0.25) is 5.88 Å². The molecule has 32 heavy (non-hydrogen) atoms. The average Bonchev–Trinajstić information content (AvgIpc) is 2.81. The Balaban J connectivity index is 1.41. The molecule has 3 aromatic heterocycles. The highest BCUT2D eigenvalue weighted by molar-refractivity contribution is 6.04. The third-order valence-corrected chi connectivity index (χ3v) is 4.38. The number of methoxy groups -OCH3 is 1. The SMILES string of the molecule is COc1ccc(C(=O)Nc2ccc(Nc3cc(Nc4ccccn4)nc(C)n3)cc2)cn1. The van der Waals surface area contributed by atoms with Crippen LogP contribution < -0.4 is 20.7 Å². The molecule has 0 atom stereocenters. The molecule has 0 aliphatic heterocycles. The van der Waals surface area contributed by atoms with Crippen molar-refractivity contribution in [2.75, 3.05) is 23.1 Å². The molecule has 0 saturated carbocycles. The van der Waals surface area contributed by atoms with Crippen LogP contribution in [0.5, 0.6) is 5.88 Å². The summed E-state index contributed by atoms with van der Waals surface area (Å²) in [5, 5.41) is 9.25. The van der Waals surface area contributed by atoms with Gasteiger partial charge in [-0.3, -0.25) is 4.79 Å². The second kappa shape index (κ2) is 9.52. The Morgan fingerprint density at radius 1 is 0.844 bits per heavy atom. The molecule has 4 aromatic rings. The van der Waals surface area contributed by atoms with Gasteiger partial charge in [0.1, 0.15) is 23.3 Å². The number of aromatic nitrogens is 4. The lowest BCUT2D eigenvalue weighted by Gasteiger charge is -2.11. The topological polar surface area (TPSA) is 114 Å². The first-order valence-corrected chi connectivity index (χ1v) is 9.81. The molecule has 1 amide bonds. The Morgan fingerprint density at radius 3 is 2.25 bits per heavy atom. The molecule has 3 heterocycles. The number of nitrogens with one attached hydrogen (secondary N) is 3. The summed E-state index contributed by atoms with van der Waals surface area (Å²) in [5.74, 6) is 2.79. The summed E-state index contributed by atoms with van der Waals surface area (Å²) in [7, 11) is 1.53. The standard InChI is InChI=1S/C23H21N7O2/c1-15-26-20(13-21(27-15)30-19-5-3-4-12-24-19)28-17-7-9-18(10-8-17)29-23(31)16-6-11-22(32-2)25-14-16/h3-14H,1-2H3,(H,29,31)(H2,24,26,27,28,30). The smallest absolute Gasteiger partial charge is 0.257 e. The lowest BCUT2D eigenvalue weighted by atomic mass is 10.2. The molecular weight excluding hydrogens is 406 g/mol. The van der Waals surface area contributed by atoms with Crippen molar-refractivity contribution in [3.63, 3.8) is 0 Å². The highest BCUT2D eigenvalue weighted by atomic mass is 16.5. The Kier molecular flexibility index (Phi) is 6.17. The van der Waals surface area contributed by atoms with Crippen LogP contribution in [0.4, 0.5) is 28.8 Å². The van der Waals surface area contributed by atoms with Crippen LogP contribution in [0.1, 0.15) is 16.2 Å². The number of carbonyl (C=O) groups is 1. The summed E-state index contributed by atoms with van der Waals surface area (Å²) >= 11 is 0. The van der Waals surface area contributed by atoms with Crippen LogP contribution in [0.15, 0.2) is 73.1 Å². The van der Waals surface area contributed by atoms with E-state index in [-0.39, 0.29) is 5.91 Å². The van der Waals surface area contributed by atoms with Gasteiger partial charge in [-0.2, -0.15) is 0 Å². The third kappa shape index (κ3) is 5.33. The quantitative estimate of drug-likeness (QED) is 0.399. The third-order valence-electron chi connectivity index (χ3n) is 4.38. The molecule has 0 spiro atoms. The van der Waals surface area contributed by atoms with E-state index in [1.807, 2.05) is 37.3 Å². The minimum Gasteiger partial charge on any atom is -0.481 e. The molecule has 0 radical (unpaired) electrons. The van der Waals surface area contributed by atoms with E-state index in [1.165, 1.54) is 13.3 Å². The summed E-state index contributed by atoms with van der Waals surface area (Å²) in [6, 6.07) is 18.0. The van der Waals surface area contributed by atoms with Gasteiger partial charge >= 0.3 is 0 Å². The molecule has 160 valence electrons. The van der Waals surface area contributed by atoms with Crippen LogP contribution in [0.2, 0.25) is 0 Å². The predicted octanol–water partition coefficient (Wildman–Crippen LogP) is 4.32. The van der Waals surface area contributed by atoms with E-state index in [0.29, 0.717) is 40.4 Å². The number of pyridine rings is 2. The van der Waals surface area contributed by atoms with Gasteiger partial charge in [-0.1, -0.05) is 6.07 Å². The van der Waals surface area contributed by atoms with Gasteiger partial charge in [-0.15, -0.1) is 0 Å². The zero-order valence-corrected chi connectivity index (χ0v) is 17.5. The number of benzene rings is 1. The largest absolute Gasteiger partial charge is 0.481 e. The first-order valence-electron chi connectivity index (χ1n) is 9.81. The molecular formula is C23H21N7O2. The molecule has 0 unspecified atom stereocenters. The van der Waals surface area contributed by atoms with Gasteiger partial charge in [0.05, 0.1) is 12.7 Å². The lowest BCUT2D eigenvalue weighted by molar-refractivity contribution is 0.102. The van der Waals surface area contributed by atoms with Crippen molar-refractivity contribution < 1.29 is 9.53 Å². The Bertz CT molecular complexity index is 1200. The van der Waals surface area contributed by atoms with Crippen molar-refractivity contribution >= 4 is 34.7 Å². The van der Waals surface area contributed by atoms with Crippen LogP contribution in [0.25, 0.3) is 0 Å². The minimum atomic E-state index is -0.252. The number of nitrogens with zero attached hydrogens (tertiary/aromatic N) is 4. The van der Waals surface area contributed by atoms with Crippen LogP contribution in [0.3, 0.4) is 0 Å². The molecule has 0 bridgehead atoms. The summed E-state index contributed by atoms with van der Waals surface area (Å²) in [6.45, 7) is 1.82. The molecule has 0 aliphatic rings. The fraction of sp³-hybridized carbons (Fsp3) is 0.0870. The number of hydrogen-bond donors (Lipinski definition) is 3. The Hall–Kier alpha value is -4.53. The van der Waals surface area contributed by atoms with Crippen molar-refractivity contribution in [2.24, 2.45) is 0 Å². The summed E-state index contributed by atoms with van der Waals surface area (Å²) in [5.41, 5.74) is 1.92. The second-order valence-electron chi connectivity index (χ2n) is 6.77. The molecule has 3 N–H and O–H groups in total. The van der Waals surface area contributed by atoms with Gasteiger partial charge in [0.25, 0.3) is 5.91 Å². The van der Waals surface area contributed by atoms with E-state index in [9.17, 15) is 4.79 Å². The summed E-state index contributed by atoms with van der Waals surface area (Å²) < 4.78 is 5.01. The van der Waals surface area contributed by atoms with Crippen LogP contribution in [-0.2, 0) is 0 Å². The number of carbonyl (C=O) groups excluding carboxylic acids is 1. The maximum Gasteiger partial charge on any atom is 0.257 e. The summed E-state index contributed by atoms with van der Waals surface area (Å²) in [6.07, 6.45) is 3.18. The van der Waals surface area contributed by atoms with Gasteiger partial charge in [-0.05, 0) is 49.4 Å². The number of anilines is 5. The number of ether oxygens (including phenoxy) is 1. The maximum atomic E-state index is 12.4. The van der Waals surface area contributed by atoms with Gasteiger partial charge in [-0.25, -0.2) is 19.9 Å². The van der Waals surface area contributed by atoms with E-state index >= 15 is 0 Å².